The fourth-order valence-corrected chi connectivity index (χ4v) is 2.24. The Labute approximate surface area is 120 Å². The van der Waals surface area contributed by atoms with Crippen molar-refractivity contribution >= 4 is 27.9 Å². The fourth-order valence-electron chi connectivity index (χ4n) is 1.86. The zero-order chi connectivity index (χ0) is 13.8. The summed E-state index contributed by atoms with van der Waals surface area (Å²) in [5, 5.41) is 11.7. The largest absolute Gasteiger partial charge is 0.488 e. The van der Waals surface area contributed by atoms with Gasteiger partial charge in [0.2, 0.25) is 0 Å². The van der Waals surface area contributed by atoms with Gasteiger partial charge in [-0.3, -0.25) is 4.79 Å². The summed E-state index contributed by atoms with van der Waals surface area (Å²) >= 11 is 3.40. The predicted octanol–water partition coefficient (Wildman–Crippen LogP) is 2.11. The lowest BCUT2D eigenvalue weighted by atomic mass is 10.1. The number of carbonyl (C=O) groups excluding carboxylic acids is 1. The number of aliphatic hydroxyl groups is 1. The maximum absolute atomic E-state index is 12.0. The summed E-state index contributed by atoms with van der Waals surface area (Å²) in [6, 6.07) is 5.64. The van der Waals surface area contributed by atoms with Crippen LogP contribution >= 0.6 is 15.9 Å². The number of hydrogen-bond donors (Lipinski definition) is 2. The van der Waals surface area contributed by atoms with Gasteiger partial charge in [0.15, 0.2) is 0 Å². The average Bonchev–Trinajstić information content (AvgIpc) is 2.38. The van der Waals surface area contributed by atoms with Crippen LogP contribution in [0.25, 0.3) is 6.08 Å². The maximum Gasteiger partial charge on any atom is 0.250 e. The third kappa shape index (κ3) is 3.58. The van der Waals surface area contributed by atoms with Crippen molar-refractivity contribution in [2.24, 2.45) is 0 Å². The number of rotatable bonds is 4. The molecular weight excluding hydrogens is 310 g/mol. The lowest BCUT2D eigenvalue weighted by molar-refractivity contribution is -0.118. The molecule has 2 rings (SSSR count). The van der Waals surface area contributed by atoms with Crippen molar-refractivity contribution in [3.63, 3.8) is 0 Å². The van der Waals surface area contributed by atoms with Gasteiger partial charge in [-0.25, -0.2) is 0 Å². The smallest absolute Gasteiger partial charge is 0.250 e. The van der Waals surface area contributed by atoms with Gasteiger partial charge in [-0.1, -0.05) is 15.9 Å². The fraction of sp³-hybridized carbons (Fsp3) is 0.357. The van der Waals surface area contributed by atoms with E-state index in [2.05, 4.69) is 21.2 Å². The second kappa shape index (κ2) is 6.21. The Morgan fingerprint density at radius 2 is 2.37 bits per heavy atom. The third-order valence-corrected chi connectivity index (χ3v) is 3.41. The molecule has 1 heterocycles. The van der Waals surface area contributed by atoms with Crippen LogP contribution in [-0.2, 0) is 4.79 Å². The Balaban J connectivity index is 2.12. The van der Waals surface area contributed by atoms with Crippen molar-refractivity contribution in [1.29, 1.82) is 0 Å². The molecule has 0 saturated carbocycles. The minimum Gasteiger partial charge on any atom is -0.488 e. The molecule has 0 fully saturated rings. The minimum atomic E-state index is -0.147. The van der Waals surface area contributed by atoms with Crippen molar-refractivity contribution in [1.82, 2.24) is 5.32 Å². The van der Waals surface area contributed by atoms with Gasteiger partial charge in [-0.05, 0) is 37.6 Å². The van der Waals surface area contributed by atoms with Crippen molar-refractivity contribution in [3.8, 4) is 5.75 Å². The number of nitrogens with one attached hydrogen (secondary N) is 1. The Hall–Kier alpha value is -1.33. The topological polar surface area (TPSA) is 58.6 Å². The molecule has 1 unspecified atom stereocenters. The van der Waals surface area contributed by atoms with Gasteiger partial charge in [0.05, 0.1) is 5.57 Å². The molecule has 1 aromatic carbocycles. The van der Waals surface area contributed by atoms with E-state index < -0.39 is 0 Å². The third-order valence-electron chi connectivity index (χ3n) is 2.92. The summed E-state index contributed by atoms with van der Waals surface area (Å²) in [5.41, 5.74) is 1.48. The van der Waals surface area contributed by atoms with Crippen LogP contribution < -0.4 is 10.1 Å². The highest BCUT2D eigenvalue weighted by molar-refractivity contribution is 9.10. The summed E-state index contributed by atoms with van der Waals surface area (Å²) in [6.45, 7) is 2.20. The molecule has 1 amide bonds. The van der Waals surface area contributed by atoms with E-state index in [0.717, 1.165) is 15.8 Å². The van der Waals surface area contributed by atoms with Gasteiger partial charge in [0, 0.05) is 22.7 Å². The van der Waals surface area contributed by atoms with E-state index in [-0.39, 0.29) is 25.2 Å². The second-order valence-electron chi connectivity index (χ2n) is 4.53. The predicted molar refractivity (Wildman–Crippen MR) is 76.9 cm³/mol. The van der Waals surface area contributed by atoms with Crippen molar-refractivity contribution in [3.05, 3.63) is 33.8 Å². The molecule has 0 saturated heterocycles. The molecule has 1 aliphatic rings. The van der Waals surface area contributed by atoms with Crippen LogP contribution in [0, 0.1) is 0 Å². The van der Waals surface area contributed by atoms with Gasteiger partial charge >= 0.3 is 0 Å². The Bertz CT molecular complexity index is 513. The number of halogens is 1. The van der Waals surface area contributed by atoms with Crippen LogP contribution in [0.15, 0.2) is 28.2 Å². The van der Waals surface area contributed by atoms with E-state index in [9.17, 15) is 4.79 Å². The van der Waals surface area contributed by atoms with Crippen LogP contribution in [0.3, 0.4) is 0 Å². The van der Waals surface area contributed by atoms with E-state index in [1.807, 2.05) is 31.2 Å². The monoisotopic (exact) mass is 325 g/mol. The SMILES string of the molecule is CC(CCO)NC(=O)C1=Cc2cc(Br)ccc2OC1. The molecule has 19 heavy (non-hydrogen) atoms. The molecule has 4 nitrogen and oxygen atoms in total. The van der Waals surface area contributed by atoms with E-state index >= 15 is 0 Å². The van der Waals surface area contributed by atoms with E-state index in [4.69, 9.17) is 9.84 Å². The first-order valence-corrected chi connectivity index (χ1v) is 6.94. The van der Waals surface area contributed by atoms with Crippen LogP contribution in [0.5, 0.6) is 5.75 Å². The maximum atomic E-state index is 12.0. The van der Waals surface area contributed by atoms with E-state index in [1.165, 1.54) is 0 Å². The summed E-state index contributed by atoms with van der Waals surface area (Å²) in [5.74, 6) is 0.634. The standard InChI is InChI=1S/C14H16BrNO3/c1-9(4-5-17)16-14(18)11-6-10-7-12(15)2-3-13(10)19-8-11/h2-3,6-7,9,17H,4-5,8H2,1H3,(H,16,18). The normalized spacial score (nSPS) is 15.0. The van der Waals surface area contributed by atoms with Crippen LogP contribution in [-0.4, -0.2) is 30.3 Å². The Kier molecular flexibility index (Phi) is 4.61. The number of benzene rings is 1. The lowest BCUT2D eigenvalue weighted by Gasteiger charge is -2.19. The Morgan fingerprint density at radius 1 is 1.58 bits per heavy atom. The molecular formula is C14H16BrNO3. The first kappa shape index (κ1) is 14.1. The molecule has 0 aliphatic carbocycles. The van der Waals surface area contributed by atoms with E-state index in [0.29, 0.717) is 12.0 Å². The summed E-state index contributed by atoms with van der Waals surface area (Å²) in [7, 11) is 0. The molecule has 5 heteroatoms. The highest BCUT2D eigenvalue weighted by Crippen LogP contribution is 2.29. The molecule has 0 bridgehead atoms. The quantitative estimate of drug-likeness (QED) is 0.891. The lowest BCUT2D eigenvalue weighted by Crippen LogP contribution is -2.36. The number of hydrogen-bond acceptors (Lipinski definition) is 3. The van der Waals surface area contributed by atoms with Crippen molar-refractivity contribution < 1.29 is 14.6 Å². The molecule has 1 aromatic rings. The Morgan fingerprint density at radius 3 is 3.11 bits per heavy atom. The van der Waals surface area contributed by atoms with Crippen LogP contribution in [0.2, 0.25) is 0 Å². The van der Waals surface area contributed by atoms with Gasteiger partial charge in [-0.2, -0.15) is 0 Å². The zero-order valence-electron chi connectivity index (χ0n) is 10.6. The minimum absolute atomic E-state index is 0.0534. The second-order valence-corrected chi connectivity index (χ2v) is 5.44. The summed E-state index contributed by atoms with van der Waals surface area (Å²) in [4.78, 5) is 12.0. The first-order valence-electron chi connectivity index (χ1n) is 6.15. The van der Waals surface area contributed by atoms with Crippen LogP contribution in [0.4, 0.5) is 0 Å². The molecule has 2 N–H and O–H groups in total. The zero-order valence-corrected chi connectivity index (χ0v) is 12.2. The highest BCUT2D eigenvalue weighted by atomic mass is 79.9. The summed E-state index contributed by atoms with van der Waals surface area (Å²) in [6.07, 6.45) is 2.38. The van der Waals surface area contributed by atoms with Gasteiger partial charge < -0.3 is 15.2 Å². The van der Waals surface area contributed by atoms with Crippen molar-refractivity contribution in [2.75, 3.05) is 13.2 Å². The van der Waals surface area contributed by atoms with Gasteiger partial charge in [0.25, 0.3) is 5.91 Å². The summed E-state index contributed by atoms with van der Waals surface area (Å²) < 4.78 is 6.50. The number of carbonyl (C=O) groups is 1. The number of fused-ring (bicyclic) bond motifs is 1. The van der Waals surface area contributed by atoms with Gasteiger partial charge in [0.1, 0.15) is 12.4 Å². The van der Waals surface area contributed by atoms with E-state index in [1.54, 1.807) is 0 Å². The molecule has 0 radical (unpaired) electrons. The molecule has 0 aromatic heterocycles. The van der Waals surface area contributed by atoms with Gasteiger partial charge in [-0.15, -0.1) is 0 Å². The molecule has 1 atom stereocenters. The first-order chi connectivity index (χ1) is 9.10. The molecule has 0 spiro atoms. The highest BCUT2D eigenvalue weighted by Gasteiger charge is 2.18. The van der Waals surface area contributed by atoms with Crippen LogP contribution in [0.1, 0.15) is 18.9 Å². The number of ether oxygens (including phenoxy) is 1. The molecule has 1 aliphatic heterocycles. The van der Waals surface area contributed by atoms with Crippen molar-refractivity contribution in [2.45, 2.75) is 19.4 Å². The molecule has 102 valence electrons. The number of aliphatic hydroxyl groups excluding tert-OH is 1. The number of amides is 1. The average molecular weight is 326 g/mol.